The van der Waals surface area contributed by atoms with Crippen molar-refractivity contribution in [2.75, 3.05) is 6.54 Å². The predicted octanol–water partition coefficient (Wildman–Crippen LogP) is 1.24. The molecule has 1 rings (SSSR count). The van der Waals surface area contributed by atoms with Crippen LogP contribution in [0.15, 0.2) is 0 Å². The van der Waals surface area contributed by atoms with Crippen molar-refractivity contribution in [3.8, 4) is 0 Å². The molecule has 1 heterocycles. The average Bonchev–Trinajstić information content (AvgIpc) is 2.31. The summed E-state index contributed by atoms with van der Waals surface area (Å²) in [7, 11) is 0. The Balaban J connectivity index is 2.94. The van der Waals surface area contributed by atoms with Crippen LogP contribution in [0.5, 0.6) is 0 Å². The van der Waals surface area contributed by atoms with Crippen molar-refractivity contribution in [2.45, 2.75) is 39.2 Å². The molecule has 70 valence electrons. The Kier molecular flexibility index (Phi) is 2.17. The van der Waals surface area contributed by atoms with Crippen molar-refractivity contribution in [3.05, 3.63) is 0 Å². The maximum Gasteiger partial charge on any atom is 0.324 e. The van der Waals surface area contributed by atoms with E-state index < -0.39 is 11.5 Å². The lowest BCUT2D eigenvalue weighted by molar-refractivity contribution is -0.149. The van der Waals surface area contributed by atoms with Gasteiger partial charge in [-0.3, -0.25) is 4.79 Å². The molecule has 0 aromatic heterocycles. The Labute approximate surface area is 73.2 Å². The Morgan fingerprint density at radius 2 is 2.08 bits per heavy atom. The minimum Gasteiger partial charge on any atom is -0.480 e. The summed E-state index contributed by atoms with van der Waals surface area (Å²) in [6, 6.07) is 0. The molecule has 0 aromatic rings. The van der Waals surface area contributed by atoms with Gasteiger partial charge in [0, 0.05) is 0 Å². The molecule has 1 atom stereocenters. The lowest BCUT2D eigenvalue weighted by Gasteiger charge is -2.37. The number of carboxylic acid groups (broad SMARTS) is 1. The first-order valence-electron chi connectivity index (χ1n) is 4.38. The third kappa shape index (κ3) is 1.22. The standard InChI is InChI=1S/C9H17NO2/c1-8(2,3)9(7(11)12)5-4-6-10-9/h10H,4-6H2,1-3H3,(H,11,12)/t9-/m0/s1. The first-order valence-corrected chi connectivity index (χ1v) is 4.38. The summed E-state index contributed by atoms with van der Waals surface area (Å²) in [6.45, 7) is 6.74. The fourth-order valence-electron chi connectivity index (χ4n) is 1.89. The van der Waals surface area contributed by atoms with Gasteiger partial charge in [0.25, 0.3) is 0 Å². The van der Waals surface area contributed by atoms with Crippen LogP contribution in [0.4, 0.5) is 0 Å². The van der Waals surface area contributed by atoms with Crippen LogP contribution in [-0.2, 0) is 4.79 Å². The molecule has 0 bridgehead atoms. The summed E-state index contributed by atoms with van der Waals surface area (Å²) in [4.78, 5) is 11.1. The number of carbonyl (C=O) groups is 1. The maximum atomic E-state index is 11.1. The molecule has 12 heavy (non-hydrogen) atoms. The Hall–Kier alpha value is -0.570. The van der Waals surface area contributed by atoms with Gasteiger partial charge in [0.2, 0.25) is 0 Å². The van der Waals surface area contributed by atoms with Crippen LogP contribution in [-0.4, -0.2) is 23.2 Å². The molecule has 0 unspecified atom stereocenters. The van der Waals surface area contributed by atoms with Crippen molar-refractivity contribution < 1.29 is 9.90 Å². The lowest BCUT2D eigenvalue weighted by atomic mass is 9.73. The Morgan fingerprint density at radius 1 is 1.50 bits per heavy atom. The van der Waals surface area contributed by atoms with Gasteiger partial charge in [0.05, 0.1) is 0 Å². The van der Waals surface area contributed by atoms with Gasteiger partial charge in [-0.25, -0.2) is 0 Å². The molecule has 1 fully saturated rings. The van der Waals surface area contributed by atoms with Gasteiger partial charge in [0.1, 0.15) is 5.54 Å². The molecule has 3 nitrogen and oxygen atoms in total. The largest absolute Gasteiger partial charge is 0.480 e. The highest BCUT2D eigenvalue weighted by atomic mass is 16.4. The van der Waals surface area contributed by atoms with Crippen LogP contribution < -0.4 is 5.32 Å². The number of hydrogen-bond acceptors (Lipinski definition) is 2. The van der Waals surface area contributed by atoms with Crippen LogP contribution in [0.2, 0.25) is 0 Å². The Morgan fingerprint density at radius 3 is 2.25 bits per heavy atom. The highest BCUT2D eigenvalue weighted by Gasteiger charge is 2.50. The molecule has 3 heteroatoms. The number of nitrogens with one attached hydrogen (secondary N) is 1. The van der Waals surface area contributed by atoms with Crippen LogP contribution >= 0.6 is 0 Å². The molecule has 0 spiro atoms. The molecule has 1 aliphatic heterocycles. The normalized spacial score (nSPS) is 30.6. The summed E-state index contributed by atoms with van der Waals surface area (Å²) < 4.78 is 0. The Bertz CT molecular complexity index is 187. The van der Waals surface area contributed by atoms with Crippen molar-refractivity contribution in [2.24, 2.45) is 5.41 Å². The molecule has 0 aromatic carbocycles. The molecular weight excluding hydrogens is 154 g/mol. The second kappa shape index (κ2) is 2.73. The summed E-state index contributed by atoms with van der Waals surface area (Å²) in [6.07, 6.45) is 1.70. The predicted molar refractivity (Wildman–Crippen MR) is 47.1 cm³/mol. The molecule has 2 N–H and O–H groups in total. The van der Waals surface area contributed by atoms with E-state index in [1.807, 2.05) is 20.8 Å². The lowest BCUT2D eigenvalue weighted by Crippen LogP contribution is -2.57. The second-order valence-electron chi connectivity index (χ2n) is 4.49. The molecular formula is C9H17NO2. The zero-order valence-electron chi connectivity index (χ0n) is 7.98. The van der Waals surface area contributed by atoms with Crippen molar-refractivity contribution in [1.29, 1.82) is 0 Å². The number of rotatable bonds is 1. The quantitative estimate of drug-likeness (QED) is 0.624. The first-order chi connectivity index (χ1) is 5.40. The molecule has 0 aliphatic carbocycles. The minimum absolute atomic E-state index is 0.213. The van der Waals surface area contributed by atoms with Gasteiger partial charge in [-0.05, 0) is 24.8 Å². The molecule has 0 saturated carbocycles. The van der Waals surface area contributed by atoms with Gasteiger partial charge in [-0.2, -0.15) is 0 Å². The second-order valence-corrected chi connectivity index (χ2v) is 4.49. The van der Waals surface area contributed by atoms with E-state index in [2.05, 4.69) is 5.32 Å². The van der Waals surface area contributed by atoms with Crippen LogP contribution in [0.25, 0.3) is 0 Å². The van der Waals surface area contributed by atoms with Gasteiger partial charge < -0.3 is 10.4 Å². The smallest absolute Gasteiger partial charge is 0.324 e. The zero-order valence-corrected chi connectivity index (χ0v) is 7.98. The average molecular weight is 171 g/mol. The van der Waals surface area contributed by atoms with E-state index in [4.69, 9.17) is 5.11 Å². The first kappa shape index (κ1) is 9.52. The topological polar surface area (TPSA) is 49.3 Å². The van der Waals surface area contributed by atoms with Crippen molar-refractivity contribution >= 4 is 5.97 Å². The van der Waals surface area contributed by atoms with E-state index >= 15 is 0 Å². The SMILES string of the molecule is CC(C)(C)[C@@]1(C(=O)O)CCCN1. The summed E-state index contributed by atoms with van der Waals surface area (Å²) in [5.41, 5.74) is -0.914. The zero-order chi connectivity index (χ0) is 9.41. The van der Waals surface area contributed by atoms with E-state index in [-0.39, 0.29) is 5.41 Å². The van der Waals surface area contributed by atoms with E-state index in [1.165, 1.54) is 0 Å². The van der Waals surface area contributed by atoms with Gasteiger partial charge in [0.15, 0.2) is 0 Å². The fraction of sp³-hybridized carbons (Fsp3) is 0.889. The summed E-state index contributed by atoms with van der Waals surface area (Å²) in [5, 5.41) is 12.2. The monoisotopic (exact) mass is 171 g/mol. The van der Waals surface area contributed by atoms with E-state index in [0.717, 1.165) is 19.4 Å². The van der Waals surface area contributed by atoms with Crippen LogP contribution in [0.1, 0.15) is 33.6 Å². The summed E-state index contributed by atoms with van der Waals surface area (Å²) in [5.74, 6) is -0.715. The molecule has 0 amide bonds. The fourth-order valence-corrected chi connectivity index (χ4v) is 1.89. The number of aliphatic carboxylic acids is 1. The van der Waals surface area contributed by atoms with Crippen molar-refractivity contribution in [1.82, 2.24) is 5.32 Å². The van der Waals surface area contributed by atoms with Gasteiger partial charge in [-0.15, -0.1) is 0 Å². The highest BCUT2D eigenvalue weighted by molar-refractivity contribution is 5.80. The summed E-state index contributed by atoms with van der Waals surface area (Å²) >= 11 is 0. The van der Waals surface area contributed by atoms with Gasteiger partial charge >= 0.3 is 5.97 Å². The van der Waals surface area contributed by atoms with E-state index in [0.29, 0.717) is 0 Å². The molecule has 1 saturated heterocycles. The maximum absolute atomic E-state index is 11.1. The van der Waals surface area contributed by atoms with Gasteiger partial charge in [-0.1, -0.05) is 20.8 Å². The third-order valence-corrected chi connectivity index (χ3v) is 2.80. The number of hydrogen-bond donors (Lipinski definition) is 2. The van der Waals surface area contributed by atoms with E-state index in [9.17, 15) is 4.79 Å². The third-order valence-electron chi connectivity index (χ3n) is 2.80. The minimum atomic E-state index is -0.715. The molecule has 0 radical (unpaired) electrons. The number of carboxylic acids is 1. The highest BCUT2D eigenvalue weighted by Crippen LogP contribution is 2.37. The van der Waals surface area contributed by atoms with E-state index in [1.54, 1.807) is 0 Å². The van der Waals surface area contributed by atoms with Crippen LogP contribution in [0.3, 0.4) is 0 Å². The van der Waals surface area contributed by atoms with Crippen molar-refractivity contribution in [3.63, 3.8) is 0 Å². The molecule has 1 aliphatic rings. The van der Waals surface area contributed by atoms with Crippen LogP contribution in [0, 0.1) is 5.41 Å².